The molecule has 1 rings (SSSR count). The minimum Gasteiger partial charge on any atom is -0.465 e. The van der Waals surface area contributed by atoms with Gasteiger partial charge in [0.2, 0.25) is 0 Å². The van der Waals surface area contributed by atoms with E-state index >= 15 is 0 Å². The van der Waals surface area contributed by atoms with Crippen LogP contribution in [0.2, 0.25) is 0 Å². The fraction of sp³-hybridized carbons (Fsp3) is 0.833. The molecular weight excluding hydrogens is 224 g/mol. The molecule has 1 fully saturated rings. The zero-order chi connectivity index (χ0) is 12.7. The first-order valence-electron chi connectivity index (χ1n) is 5.98. The number of carbonyl (C=O) groups is 2. The van der Waals surface area contributed by atoms with Gasteiger partial charge in [-0.2, -0.15) is 0 Å². The van der Waals surface area contributed by atoms with Crippen LogP contribution in [-0.2, 0) is 23.8 Å². The monoisotopic (exact) mass is 244 g/mol. The molecule has 17 heavy (non-hydrogen) atoms. The summed E-state index contributed by atoms with van der Waals surface area (Å²) in [6.45, 7) is 3.12. The van der Waals surface area contributed by atoms with Crippen molar-refractivity contribution in [1.29, 1.82) is 0 Å². The van der Waals surface area contributed by atoms with Gasteiger partial charge in [-0.05, 0) is 12.8 Å². The van der Waals surface area contributed by atoms with E-state index in [0.717, 1.165) is 25.7 Å². The van der Waals surface area contributed by atoms with E-state index in [4.69, 9.17) is 14.2 Å². The average Bonchev–Trinajstić information content (AvgIpc) is 2.27. The van der Waals surface area contributed by atoms with E-state index in [2.05, 4.69) is 0 Å². The molecular formula is C12H20O5. The van der Waals surface area contributed by atoms with Crippen LogP contribution < -0.4 is 0 Å². The Kier molecular flexibility index (Phi) is 5.97. The van der Waals surface area contributed by atoms with E-state index in [0.29, 0.717) is 6.61 Å². The van der Waals surface area contributed by atoms with Gasteiger partial charge in [0, 0.05) is 19.8 Å². The van der Waals surface area contributed by atoms with E-state index < -0.39 is 0 Å². The van der Waals surface area contributed by atoms with Crippen molar-refractivity contribution in [3.05, 3.63) is 0 Å². The Balaban J connectivity index is 2.31. The Bertz CT molecular complexity index is 264. The van der Waals surface area contributed by atoms with E-state index in [1.165, 1.54) is 13.8 Å². The van der Waals surface area contributed by atoms with Crippen molar-refractivity contribution >= 4 is 11.9 Å². The number of hydrogen-bond acceptors (Lipinski definition) is 5. The minimum absolute atomic E-state index is 0.0162. The third-order valence-electron chi connectivity index (χ3n) is 2.88. The second-order valence-corrected chi connectivity index (χ2v) is 4.31. The van der Waals surface area contributed by atoms with Crippen LogP contribution in [-0.4, -0.2) is 31.4 Å². The summed E-state index contributed by atoms with van der Waals surface area (Å²) >= 11 is 0. The van der Waals surface area contributed by atoms with Crippen LogP contribution in [0.15, 0.2) is 0 Å². The highest BCUT2D eigenvalue weighted by molar-refractivity contribution is 5.66. The number of esters is 2. The summed E-state index contributed by atoms with van der Waals surface area (Å²) < 4.78 is 15.3. The molecule has 0 aliphatic heterocycles. The van der Waals surface area contributed by atoms with E-state index in [1.54, 1.807) is 0 Å². The van der Waals surface area contributed by atoms with Gasteiger partial charge in [-0.25, -0.2) is 0 Å². The molecule has 98 valence electrons. The lowest BCUT2D eigenvalue weighted by molar-refractivity contribution is -0.165. The van der Waals surface area contributed by atoms with Crippen molar-refractivity contribution in [3.63, 3.8) is 0 Å². The second kappa shape index (κ2) is 7.27. The number of ether oxygens (including phenoxy) is 3. The first-order valence-corrected chi connectivity index (χ1v) is 5.98. The summed E-state index contributed by atoms with van der Waals surface area (Å²) in [5.74, 6) is -0.408. The highest BCUT2D eigenvalue weighted by atomic mass is 16.7. The molecule has 0 aromatic rings. The van der Waals surface area contributed by atoms with Gasteiger partial charge in [0.1, 0.15) is 0 Å². The summed E-state index contributed by atoms with van der Waals surface area (Å²) in [6, 6.07) is 0. The second-order valence-electron chi connectivity index (χ2n) is 4.31. The maximum Gasteiger partial charge on any atom is 0.304 e. The average molecular weight is 244 g/mol. The fourth-order valence-electron chi connectivity index (χ4n) is 2.01. The molecule has 1 aliphatic rings. The van der Waals surface area contributed by atoms with Crippen LogP contribution >= 0.6 is 0 Å². The minimum atomic E-state index is -0.350. The van der Waals surface area contributed by atoms with Crippen LogP contribution in [0.25, 0.3) is 0 Å². The molecule has 2 atom stereocenters. The maximum absolute atomic E-state index is 10.8. The molecule has 5 heteroatoms. The molecule has 1 saturated carbocycles. The van der Waals surface area contributed by atoms with Gasteiger partial charge < -0.3 is 14.2 Å². The van der Waals surface area contributed by atoms with E-state index in [9.17, 15) is 9.59 Å². The summed E-state index contributed by atoms with van der Waals surface area (Å²) in [7, 11) is 0. The lowest BCUT2D eigenvalue weighted by Crippen LogP contribution is -2.32. The largest absolute Gasteiger partial charge is 0.465 e. The summed E-state index contributed by atoms with van der Waals surface area (Å²) in [5, 5.41) is 0. The van der Waals surface area contributed by atoms with Gasteiger partial charge in [0.25, 0.3) is 0 Å². The van der Waals surface area contributed by atoms with Crippen molar-refractivity contribution in [2.24, 2.45) is 5.92 Å². The predicted octanol–water partition coefficient (Wildman–Crippen LogP) is 1.65. The molecule has 0 aromatic heterocycles. The number of carbonyl (C=O) groups excluding carboxylic acids is 2. The standard InChI is InChI=1S/C12H20O5/c1-9(13)15-7-11-5-3-4-6-12(11)17-8-16-10(2)14/h11-12H,3-8H2,1-2H3. The van der Waals surface area contributed by atoms with Crippen LogP contribution in [0.4, 0.5) is 0 Å². The third kappa shape index (κ3) is 5.68. The molecule has 0 heterocycles. The molecule has 0 amide bonds. The molecule has 0 bridgehead atoms. The van der Waals surface area contributed by atoms with Crippen molar-refractivity contribution in [3.8, 4) is 0 Å². The Labute approximate surface area is 101 Å². The molecule has 1 aliphatic carbocycles. The lowest BCUT2D eigenvalue weighted by atomic mass is 9.87. The van der Waals surface area contributed by atoms with Crippen LogP contribution in [0.1, 0.15) is 39.5 Å². The molecule has 0 radical (unpaired) electrons. The summed E-state index contributed by atoms with van der Waals surface area (Å²) in [5.41, 5.74) is 0. The molecule has 2 unspecified atom stereocenters. The van der Waals surface area contributed by atoms with E-state index in [1.807, 2.05) is 0 Å². The Morgan fingerprint density at radius 3 is 2.35 bits per heavy atom. The smallest absolute Gasteiger partial charge is 0.304 e. The lowest BCUT2D eigenvalue weighted by Gasteiger charge is -2.30. The van der Waals surface area contributed by atoms with Gasteiger partial charge in [0.15, 0.2) is 6.79 Å². The van der Waals surface area contributed by atoms with Gasteiger partial charge >= 0.3 is 11.9 Å². The van der Waals surface area contributed by atoms with Gasteiger partial charge in [-0.15, -0.1) is 0 Å². The number of rotatable bonds is 5. The van der Waals surface area contributed by atoms with E-state index in [-0.39, 0.29) is 30.8 Å². The first-order chi connectivity index (χ1) is 8.09. The SMILES string of the molecule is CC(=O)OCOC1CCCCC1COC(C)=O. The fourth-order valence-corrected chi connectivity index (χ4v) is 2.01. The molecule has 5 nitrogen and oxygen atoms in total. The van der Waals surface area contributed by atoms with Gasteiger partial charge in [0.05, 0.1) is 12.7 Å². The Morgan fingerprint density at radius 1 is 1.06 bits per heavy atom. The Hall–Kier alpha value is -1.10. The molecule has 0 spiro atoms. The zero-order valence-corrected chi connectivity index (χ0v) is 10.4. The summed E-state index contributed by atoms with van der Waals surface area (Å²) in [6.07, 6.45) is 4.15. The van der Waals surface area contributed by atoms with Gasteiger partial charge in [-0.1, -0.05) is 12.8 Å². The quantitative estimate of drug-likeness (QED) is 0.543. The van der Waals surface area contributed by atoms with Crippen molar-refractivity contribution in [2.75, 3.05) is 13.4 Å². The molecule has 0 saturated heterocycles. The van der Waals surface area contributed by atoms with Crippen LogP contribution in [0.3, 0.4) is 0 Å². The van der Waals surface area contributed by atoms with Crippen molar-refractivity contribution in [2.45, 2.75) is 45.6 Å². The zero-order valence-electron chi connectivity index (χ0n) is 10.4. The van der Waals surface area contributed by atoms with Crippen LogP contribution in [0, 0.1) is 5.92 Å². The summed E-state index contributed by atoms with van der Waals surface area (Å²) in [4.78, 5) is 21.4. The highest BCUT2D eigenvalue weighted by Gasteiger charge is 2.26. The van der Waals surface area contributed by atoms with Crippen molar-refractivity contribution < 1.29 is 23.8 Å². The third-order valence-corrected chi connectivity index (χ3v) is 2.88. The first kappa shape index (κ1) is 14.0. The predicted molar refractivity (Wildman–Crippen MR) is 60.1 cm³/mol. The van der Waals surface area contributed by atoms with Crippen molar-refractivity contribution in [1.82, 2.24) is 0 Å². The molecule has 0 aromatic carbocycles. The topological polar surface area (TPSA) is 61.8 Å². The molecule has 0 N–H and O–H groups in total. The number of hydrogen-bond donors (Lipinski definition) is 0. The Morgan fingerprint density at radius 2 is 1.71 bits per heavy atom. The highest BCUT2D eigenvalue weighted by Crippen LogP contribution is 2.27. The maximum atomic E-state index is 10.8. The normalized spacial score (nSPS) is 24.1. The van der Waals surface area contributed by atoms with Gasteiger partial charge in [-0.3, -0.25) is 9.59 Å². The van der Waals surface area contributed by atoms with Crippen LogP contribution in [0.5, 0.6) is 0 Å².